The fourth-order valence-corrected chi connectivity index (χ4v) is 5.47. The van der Waals surface area contributed by atoms with Gasteiger partial charge in [-0.15, -0.1) is 0 Å². The van der Waals surface area contributed by atoms with E-state index >= 15 is 0 Å². The number of hydrogen-bond donors (Lipinski definition) is 1. The Morgan fingerprint density at radius 3 is 2.66 bits per heavy atom. The molecular weight excluding hydrogens is 400 g/mol. The minimum atomic E-state index is 0.0330. The summed E-state index contributed by atoms with van der Waals surface area (Å²) in [7, 11) is 0. The van der Waals surface area contributed by atoms with E-state index in [1.165, 1.54) is 44.5 Å². The predicted molar refractivity (Wildman–Crippen MR) is 122 cm³/mol. The van der Waals surface area contributed by atoms with Gasteiger partial charge in [-0.05, 0) is 103 Å². The van der Waals surface area contributed by atoms with Crippen LogP contribution in [0.3, 0.4) is 0 Å². The number of thiophene rings is 1. The Balaban J connectivity index is 1.18. The smallest absolute Gasteiger partial charge is 0.244 e. The molecule has 2 fully saturated rings. The van der Waals surface area contributed by atoms with Gasteiger partial charge in [0.15, 0.2) is 0 Å². The van der Waals surface area contributed by atoms with E-state index in [1.54, 1.807) is 17.4 Å². The summed E-state index contributed by atoms with van der Waals surface area (Å²) in [5, 5.41) is 8.08. The van der Waals surface area contributed by atoms with Crippen LogP contribution in [0.2, 0.25) is 5.02 Å². The average molecular weight is 429 g/mol. The fourth-order valence-electron chi connectivity index (χ4n) is 4.71. The van der Waals surface area contributed by atoms with Crippen LogP contribution >= 0.6 is 22.9 Å². The molecule has 5 heteroatoms. The zero-order valence-electron chi connectivity index (χ0n) is 16.7. The van der Waals surface area contributed by atoms with E-state index in [0.29, 0.717) is 17.9 Å². The van der Waals surface area contributed by atoms with Gasteiger partial charge in [0.2, 0.25) is 5.91 Å². The van der Waals surface area contributed by atoms with E-state index in [-0.39, 0.29) is 5.91 Å². The molecule has 1 saturated carbocycles. The summed E-state index contributed by atoms with van der Waals surface area (Å²) in [6.07, 6.45) is 9.43. The van der Waals surface area contributed by atoms with Crippen LogP contribution in [-0.2, 0) is 4.79 Å². The molecule has 2 atom stereocenters. The molecule has 0 bridgehead atoms. The summed E-state index contributed by atoms with van der Waals surface area (Å²) in [4.78, 5) is 14.8. The predicted octanol–water partition coefficient (Wildman–Crippen LogP) is 5.58. The molecule has 0 spiro atoms. The van der Waals surface area contributed by atoms with Crippen molar-refractivity contribution in [2.45, 2.75) is 44.1 Å². The third kappa shape index (κ3) is 5.94. The molecule has 1 aromatic carbocycles. The second-order valence-electron chi connectivity index (χ2n) is 8.40. The van der Waals surface area contributed by atoms with Gasteiger partial charge in [-0.3, -0.25) is 4.79 Å². The first kappa shape index (κ1) is 20.6. The summed E-state index contributed by atoms with van der Waals surface area (Å²) in [6.45, 7) is 3.51. The van der Waals surface area contributed by atoms with Gasteiger partial charge in [0.25, 0.3) is 0 Å². The van der Waals surface area contributed by atoms with Gasteiger partial charge in [0, 0.05) is 23.7 Å². The zero-order valence-corrected chi connectivity index (χ0v) is 18.3. The van der Waals surface area contributed by atoms with Gasteiger partial charge in [0.05, 0.1) is 0 Å². The number of piperidine rings is 1. The maximum atomic E-state index is 12.2. The van der Waals surface area contributed by atoms with Crippen molar-refractivity contribution in [3.63, 3.8) is 0 Å². The second-order valence-corrected chi connectivity index (χ2v) is 9.62. The lowest BCUT2D eigenvalue weighted by Gasteiger charge is -2.33. The van der Waals surface area contributed by atoms with Crippen LogP contribution in [0.15, 0.2) is 47.2 Å². The summed E-state index contributed by atoms with van der Waals surface area (Å²) < 4.78 is 0. The molecule has 29 heavy (non-hydrogen) atoms. The molecule has 2 aromatic rings. The summed E-state index contributed by atoms with van der Waals surface area (Å²) >= 11 is 7.66. The molecule has 3 nitrogen and oxygen atoms in total. The van der Waals surface area contributed by atoms with Crippen LogP contribution < -0.4 is 5.32 Å². The average Bonchev–Trinajstić information content (AvgIpc) is 3.40. The number of likely N-dealkylation sites (tertiary alicyclic amines) is 1. The number of rotatable bonds is 6. The molecule has 1 amide bonds. The Bertz CT molecular complexity index is 810. The lowest BCUT2D eigenvalue weighted by atomic mass is 9.89. The summed E-state index contributed by atoms with van der Waals surface area (Å²) in [5.74, 6) is 1.40. The maximum Gasteiger partial charge on any atom is 0.244 e. The molecular formula is C24H29ClN2OS. The van der Waals surface area contributed by atoms with Crippen molar-refractivity contribution < 1.29 is 4.79 Å². The Kier molecular flexibility index (Phi) is 7.06. The first-order valence-electron chi connectivity index (χ1n) is 10.6. The molecule has 1 aliphatic carbocycles. The van der Waals surface area contributed by atoms with Gasteiger partial charge in [0.1, 0.15) is 0 Å². The minimum Gasteiger partial charge on any atom is -0.350 e. The second kappa shape index (κ2) is 9.92. The van der Waals surface area contributed by atoms with Gasteiger partial charge in [-0.25, -0.2) is 0 Å². The number of nitrogens with one attached hydrogen (secondary N) is 1. The minimum absolute atomic E-state index is 0.0330. The van der Waals surface area contributed by atoms with Crippen molar-refractivity contribution in [1.29, 1.82) is 0 Å². The lowest BCUT2D eigenvalue weighted by molar-refractivity contribution is -0.117. The molecule has 0 radical (unpaired) electrons. The van der Waals surface area contributed by atoms with E-state index in [0.717, 1.165) is 23.4 Å². The lowest BCUT2D eigenvalue weighted by Crippen LogP contribution is -2.37. The van der Waals surface area contributed by atoms with Crippen LogP contribution in [0, 0.1) is 5.92 Å². The summed E-state index contributed by atoms with van der Waals surface area (Å²) in [6, 6.07) is 10.7. The maximum absolute atomic E-state index is 12.2. The highest BCUT2D eigenvalue weighted by atomic mass is 35.5. The summed E-state index contributed by atoms with van der Waals surface area (Å²) in [5.41, 5.74) is 2.52. The molecule has 2 heterocycles. The van der Waals surface area contributed by atoms with Gasteiger partial charge >= 0.3 is 0 Å². The number of amides is 1. The highest BCUT2D eigenvalue weighted by molar-refractivity contribution is 7.08. The monoisotopic (exact) mass is 428 g/mol. The highest BCUT2D eigenvalue weighted by Crippen LogP contribution is 2.31. The van der Waals surface area contributed by atoms with Crippen LogP contribution in [-0.4, -0.2) is 36.5 Å². The quantitative estimate of drug-likeness (QED) is 0.609. The van der Waals surface area contributed by atoms with Crippen molar-refractivity contribution in [2.24, 2.45) is 5.92 Å². The Morgan fingerprint density at radius 2 is 1.93 bits per heavy atom. The molecule has 1 aliphatic heterocycles. The van der Waals surface area contributed by atoms with Crippen molar-refractivity contribution in [1.82, 2.24) is 10.2 Å². The number of carbonyl (C=O) groups excluding carboxylic acids is 1. The molecule has 1 N–H and O–H groups in total. The largest absolute Gasteiger partial charge is 0.350 e. The normalized spacial score (nSPS) is 23.6. The van der Waals surface area contributed by atoms with Crippen molar-refractivity contribution in [3.05, 3.63) is 63.3 Å². The molecule has 4 rings (SSSR count). The van der Waals surface area contributed by atoms with Crippen molar-refractivity contribution in [2.75, 3.05) is 19.6 Å². The molecule has 154 valence electrons. The van der Waals surface area contributed by atoms with Crippen LogP contribution in [0.5, 0.6) is 0 Å². The van der Waals surface area contributed by atoms with Gasteiger partial charge in [-0.2, -0.15) is 11.3 Å². The number of hydrogen-bond acceptors (Lipinski definition) is 3. The van der Waals surface area contributed by atoms with Crippen LogP contribution in [0.1, 0.15) is 49.1 Å². The zero-order chi connectivity index (χ0) is 20.1. The van der Waals surface area contributed by atoms with E-state index in [1.807, 2.05) is 35.0 Å². The van der Waals surface area contributed by atoms with Crippen molar-refractivity contribution >= 4 is 34.9 Å². The Hall–Kier alpha value is -1.62. The van der Waals surface area contributed by atoms with E-state index in [9.17, 15) is 4.79 Å². The van der Waals surface area contributed by atoms with Gasteiger partial charge in [-0.1, -0.05) is 23.7 Å². The first-order chi connectivity index (χ1) is 14.2. The molecule has 0 unspecified atom stereocenters. The number of nitrogens with zero attached hydrogens (tertiary/aromatic N) is 1. The van der Waals surface area contributed by atoms with E-state index in [2.05, 4.69) is 22.3 Å². The van der Waals surface area contributed by atoms with Gasteiger partial charge < -0.3 is 10.2 Å². The topological polar surface area (TPSA) is 32.3 Å². The van der Waals surface area contributed by atoms with E-state index in [4.69, 9.17) is 11.6 Å². The van der Waals surface area contributed by atoms with Crippen molar-refractivity contribution in [3.8, 4) is 0 Å². The Morgan fingerprint density at radius 1 is 1.14 bits per heavy atom. The van der Waals surface area contributed by atoms with Crippen LogP contribution in [0.25, 0.3) is 6.08 Å². The third-order valence-corrected chi connectivity index (χ3v) is 7.26. The fraction of sp³-hybridized carbons (Fsp3) is 0.458. The molecule has 1 saturated heterocycles. The molecule has 1 aromatic heterocycles. The van der Waals surface area contributed by atoms with Crippen LogP contribution in [0.4, 0.5) is 0 Å². The number of carbonyl (C=O) groups is 1. The van der Waals surface area contributed by atoms with E-state index < -0.39 is 0 Å². The first-order valence-corrected chi connectivity index (χ1v) is 12.0. The number of benzene rings is 1. The Labute approximate surface area is 182 Å². The third-order valence-electron chi connectivity index (χ3n) is 6.30. The highest BCUT2D eigenvalue weighted by Gasteiger charge is 2.28. The molecule has 2 aliphatic rings. The standard InChI is InChI=1S/C24H29ClN2OS/c25-22-5-3-20(4-6-22)21-9-12-27(13-10-21)16-19-1-7-23(15-19)26-24(28)8-2-18-11-14-29-17-18/h2-6,8,11,14,17,19,21,23H,1,7,9-10,12-13,15-16H2,(H,26,28)/b8-2+/t19-,23+/m0/s1. The number of halogens is 1. The SMILES string of the molecule is O=C(/C=C/c1ccsc1)N[C@@H]1CC[C@H](CN2CCC(c3ccc(Cl)cc3)CC2)C1.